The number of rotatable bonds is 4. The van der Waals surface area contributed by atoms with Crippen LogP contribution in [0.15, 0.2) is 36.4 Å². The van der Waals surface area contributed by atoms with Crippen molar-refractivity contribution in [1.82, 2.24) is 5.32 Å². The number of halogens is 3. The Morgan fingerprint density at radius 3 is 2.25 bits per heavy atom. The minimum Gasteiger partial charge on any atom is -0.313 e. The fourth-order valence-corrected chi connectivity index (χ4v) is 2.50. The molecule has 0 spiro atoms. The van der Waals surface area contributed by atoms with Crippen LogP contribution in [0.25, 0.3) is 11.1 Å². The molecule has 1 N–H and O–H groups in total. The van der Waals surface area contributed by atoms with Gasteiger partial charge in [-0.3, -0.25) is 0 Å². The summed E-state index contributed by atoms with van der Waals surface area (Å²) in [4.78, 5) is 0. The lowest BCUT2D eigenvalue weighted by Crippen LogP contribution is -2.14. The third-order valence-corrected chi connectivity index (χ3v) is 3.70. The summed E-state index contributed by atoms with van der Waals surface area (Å²) in [7, 11) is 1.91. The summed E-state index contributed by atoms with van der Waals surface area (Å²) in [5.74, 6) is -1.83. The Hall–Kier alpha value is -1.45. The van der Waals surface area contributed by atoms with E-state index in [2.05, 4.69) is 12.2 Å². The molecular formula is C16H16ClF2N. The fourth-order valence-electron chi connectivity index (χ4n) is 2.25. The summed E-state index contributed by atoms with van der Waals surface area (Å²) >= 11 is 5.97. The summed E-state index contributed by atoms with van der Waals surface area (Å²) in [6, 6.07) is 10.1. The summed E-state index contributed by atoms with van der Waals surface area (Å²) < 4.78 is 26.4. The molecule has 2 aromatic carbocycles. The molecule has 0 aliphatic rings. The van der Waals surface area contributed by atoms with Crippen LogP contribution in [0, 0.1) is 11.6 Å². The molecule has 0 radical (unpaired) electrons. The predicted molar refractivity (Wildman–Crippen MR) is 78.9 cm³/mol. The molecule has 20 heavy (non-hydrogen) atoms. The molecule has 1 unspecified atom stereocenters. The number of nitrogens with one attached hydrogen (secondary N) is 1. The van der Waals surface area contributed by atoms with Crippen LogP contribution >= 0.6 is 11.6 Å². The zero-order chi connectivity index (χ0) is 14.7. The van der Waals surface area contributed by atoms with Crippen LogP contribution in [0.5, 0.6) is 0 Å². The van der Waals surface area contributed by atoms with Gasteiger partial charge in [-0.25, -0.2) is 8.78 Å². The third-order valence-electron chi connectivity index (χ3n) is 3.39. The zero-order valence-corrected chi connectivity index (χ0v) is 12.1. The largest absolute Gasteiger partial charge is 0.313 e. The number of benzene rings is 2. The van der Waals surface area contributed by atoms with Gasteiger partial charge in [-0.1, -0.05) is 42.8 Å². The molecule has 0 bridgehead atoms. The highest BCUT2D eigenvalue weighted by Crippen LogP contribution is 2.31. The van der Waals surface area contributed by atoms with E-state index >= 15 is 0 Å². The van der Waals surface area contributed by atoms with Gasteiger partial charge >= 0.3 is 0 Å². The van der Waals surface area contributed by atoms with E-state index in [9.17, 15) is 8.78 Å². The maximum Gasteiger partial charge on any atom is 0.160 e. The zero-order valence-electron chi connectivity index (χ0n) is 11.4. The van der Waals surface area contributed by atoms with Crippen molar-refractivity contribution in [3.63, 3.8) is 0 Å². The minimum atomic E-state index is -0.934. The lowest BCUT2D eigenvalue weighted by Gasteiger charge is -2.15. The molecule has 0 saturated carbocycles. The van der Waals surface area contributed by atoms with Gasteiger partial charge in [-0.15, -0.1) is 0 Å². The second-order valence-electron chi connectivity index (χ2n) is 4.62. The Kier molecular flexibility index (Phi) is 4.73. The lowest BCUT2D eigenvalue weighted by molar-refractivity contribution is 0.509. The first-order chi connectivity index (χ1) is 9.56. The molecule has 0 amide bonds. The van der Waals surface area contributed by atoms with Crippen LogP contribution in [0.3, 0.4) is 0 Å². The quantitative estimate of drug-likeness (QED) is 0.787. The number of hydrogen-bond donors (Lipinski definition) is 1. The van der Waals surface area contributed by atoms with E-state index in [0.29, 0.717) is 5.56 Å². The third kappa shape index (κ3) is 3.00. The standard InChI is InChI=1S/C16H16ClF2N/c1-3-16(20-2)11-6-4-10(5-7-11)12-8-14(18)15(19)9-13(12)17/h4-9,16,20H,3H2,1-2H3. The smallest absolute Gasteiger partial charge is 0.160 e. The van der Waals surface area contributed by atoms with E-state index in [1.54, 1.807) is 0 Å². The molecule has 4 heteroatoms. The average molecular weight is 296 g/mol. The lowest BCUT2D eigenvalue weighted by atomic mass is 9.99. The monoisotopic (exact) mass is 295 g/mol. The highest BCUT2D eigenvalue weighted by atomic mass is 35.5. The Morgan fingerprint density at radius 2 is 1.70 bits per heavy atom. The molecule has 0 aliphatic carbocycles. The van der Waals surface area contributed by atoms with E-state index in [-0.39, 0.29) is 11.1 Å². The molecule has 0 heterocycles. The molecule has 2 aromatic rings. The molecule has 0 saturated heterocycles. The highest BCUT2D eigenvalue weighted by molar-refractivity contribution is 6.33. The second kappa shape index (κ2) is 6.33. The Bertz CT molecular complexity index is 592. The van der Waals surface area contributed by atoms with E-state index in [4.69, 9.17) is 11.6 Å². The molecule has 2 rings (SSSR count). The van der Waals surface area contributed by atoms with E-state index in [1.165, 1.54) is 0 Å². The van der Waals surface area contributed by atoms with Gasteiger partial charge in [-0.2, -0.15) is 0 Å². The highest BCUT2D eigenvalue weighted by Gasteiger charge is 2.11. The van der Waals surface area contributed by atoms with Crippen molar-refractivity contribution in [2.75, 3.05) is 7.05 Å². The van der Waals surface area contributed by atoms with Crippen molar-refractivity contribution < 1.29 is 8.78 Å². The molecule has 0 fully saturated rings. The van der Waals surface area contributed by atoms with Crippen molar-refractivity contribution in [2.45, 2.75) is 19.4 Å². The van der Waals surface area contributed by atoms with Crippen LogP contribution in [0.4, 0.5) is 8.78 Å². The Labute approximate surface area is 122 Å². The summed E-state index contributed by atoms with van der Waals surface area (Å²) in [5.41, 5.74) is 2.41. The van der Waals surface area contributed by atoms with Gasteiger partial charge in [0.05, 0.1) is 5.02 Å². The molecule has 1 nitrogen and oxygen atoms in total. The van der Waals surface area contributed by atoms with E-state index < -0.39 is 11.6 Å². The van der Waals surface area contributed by atoms with Crippen LogP contribution in [0.2, 0.25) is 5.02 Å². The normalized spacial score (nSPS) is 12.4. The first-order valence-electron chi connectivity index (χ1n) is 6.49. The number of hydrogen-bond acceptors (Lipinski definition) is 1. The van der Waals surface area contributed by atoms with E-state index in [1.807, 2.05) is 31.3 Å². The first kappa shape index (κ1) is 14.9. The summed E-state index contributed by atoms with van der Waals surface area (Å²) in [5, 5.41) is 3.43. The molecule has 106 valence electrons. The second-order valence-corrected chi connectivity index (χ2v) is 5.02. The fraction of sp³-hybridized carbons (Fsp3) is 0.250. The van der Waals surface area contributed by atoms with Crippen LogP contribution in [-0.2, 0) is 0 Å². The Balaban J connectivity index is 2.37. The predicted octanol–water partition coefficient (Wildman–Crippen LogP) is 4.96. The molecular weight excluding hydrogens is 280 g/mol. The first-order valence-corrected chi connectivity index (χ1v) is 6.86. The average Bonchev–Trinajstić information content (AvgIpc) is 2.45. The molecule has 0 aromatic heterocycles. The van der Waals surface area contributed by atoms with Crippen molar-refractivity contribution in [3.05, 3.63) is 58.6 Å². The minimum absolute atomic E-state index is 0.206. The van der Waals surface area contributed by atoms with Gasteiger partial charge < -0.3 is 5.32 Å². The molecule has 1 atom stereocenters. The van der Waals surface area contributed by atoms with Crippen LogP contribution in [-0.4, -0.2) is 7.05 Å². The van der Waals surface area contributed by atoms with Crippen molar-refractivity contribution in [3.8, 4) is 11.1 Å². The Morgan fingerprint density at radius 1 is 1.10 bits per heavy atom. The SMILES string of the molecule is CCC(NC)c1ccc(-c2cc(F)c(F)cc2Cl)cc1. The maximum absolute atomic E-state index is 13.3. The van der Waals surface area contributed by atoms with Crippen molar-refractivity contribution >= 4 is 11.6 Å². The van der Waals surface area contributed by atoms with Gasteiger partial charge in [0.1, 0.15) is 0 Å². The van der Waals surface area contributed by atoms with Crippen molar-refractivity contribution in [2.24, 2.45) is 0 Å². The summed E-state index contributed by atoms with van der Waals surface area (Å²) in [6.07, 6.45) is 0.974. The molecule has 0 aliphatic heterocycles. The summed E-state index contributed by atoms with van der Waals surface area (Å²) in [6.45, 7) is 2.10. The van der Waals surface area contributed by atoms with Gasteiger partial charge in [0.2, 0.25) is 0 Å². The van der Waals surface area contributed by atoms with Crippen LogP contribution < -0.4 is 5.32 Å². The van der Waals surface area contributed by atoms with Gasteiger partial charge in [0, 0.05) is 11.6 Å². The van der Waals surface area contributed by atoms with Gasteiger partial charge in [0.25, 0.3) is 0 Å². The maximum atomic E-state index is 13.3. The topological polar surface area (TPSA) is 12.0 Å². The van der Waals surface area contributed by atoms with Crippen LogP contribution in [0.1, 0.15) is 24.9 Å². The van der Waals surface area contributed by atoms with Gasteiger partial charge in [-0.05, 0) is 36.7 Å². The van der Waals surface area contributed by atoms with Crippen molar-refractivity contribution in [1.29, 1.82) is 0 Å². The van der Waals surface area contributed by atoms with E-state index in [0.717, 1.165) is 29.7 Å². The van der Waals surface area contributed by atoms with Gasteiger partial charge in [0.15, 0.2) is 11.6 Å².